The van der Waals surface area contributed by atoms with Crippen LogP contribution in [-0.4, -0.2) is 10.8 Å². The molecule has 2 aromatic rings. The summed E-state index contributed by atoms with van der Waals surface area (Å²) in [5.74, 6) is 0.171. The number of carbonyl (C=O) groups excluding carboxylic acids is 1. The number of aromatic nitrogens is 1. The molecule has 17 heavy (non-hydrogen) atoms. The van der Waals surface area contributed by atoms with Gasteiger partial charge in [-0.1, -0.05) is 24.3 Å². The number of hydrogen-bond donors (Lipinski definition) is 1. The van der Waals surface area contributed by atoms with E-state index in [2.05, 4.69) is 4.98 Å². The van der Waals surface area contributed by atoms with E-state index in [1.165, 1.54) is 11.3 Å². The van der Waals surface area contributed by atoms with Gasteiger partial charge in [0.25, 0.3) is 0 Å². The summed E-state index contributed by atoms with van der Waals surface area (Å²) >= 11 is 1.37. The highest BCUT2D eigenvalue weighted by molar-refractivity contribution is 7.13. The maximum absolute atomic E-state index is 11.9. The molecule has 2 N–H and O–H groups in total. The van der Waals surface area contributed by atoms with Crippen LogP contribution < -0.4 is 5.73 Å². The van der Waals surface area contributed by atoms with E-state index >= 15 is 0 Å². The average molecular weight is 246 g/mol. The van der Waals surface area contributed by atoms with E-state index in [1.54, 1.807) is 0 Å². The number of nitrogen functional groups attached to an aromatic ring is 1. The summed E-state index contributed by atoms with van der Waals surface area (Å²) in [6.07, 6.45) is 0.826. The molecule has 0 bridgehead atoms. The van der Waals surface area contributed by atoms with Gasteiger partial charge in [-0.3, -0.25) is 4.79 Å². The van der Waals surface area contributed by atoms with Crippen molar-refractivity contribution in [3.05, 3.63) is 46.5 Å². The van der Waals surface area contributed by atoms with Crippen molar-refractivity contribution in [1.82, 2.24) is 4.98 Å². The zero-order valence-electron chi connectivity index (χ0n) is 9.64. The molecule has 0 unspecified atom stereocenters. The maximum Gasteiger partial charge on any atom is 0.180 e. The molecule has 4 heteroatoms. The van der Waals surface area contributed by atoms with Gasteiger partial charge < -0.3 is 5.73 Å². The van der Waals surface area contributed by atoms with Crippen LogP contribution >= 0.6 is 11.3 Å². The molecule has 1 aromatic carbocycles. The van der Waals surface area contributed by atoms with Crippen molar-refractivity contribution in [3.8, 4) is 0 Å². The van der Waals surface area contributed by atoms with Gasteiger partial charge in [-0.2, -0.15) is 0 Å². The molecule has 1 aromatic heterocycles. The number of rotatable bonds is 4. The van der Waals surface area contributed by atoms with Crippen LogP contribution in [-0.2, 0) is 17.6 Å². The second-order valence-electron chi connectivity index (χ2n) is 4.00. The molecule has 0 fully saturated rings. The van der Waals surface area contributed by atoms with Gasteiger partial charge >= 0.3 is 0 Å². The summed E-state index contributed by atoms with van der Waals surface area (Å²) < 4.78 is 0. The second kappa shape index (κ2) is 5.10. The van der Waals surface area contributed by atoms with Crippen molar-refractivity contribution in [3.63, 3.8) is 0 Å². The zero-order valence-corrected chi connectivity index (χ0v) is 10.5. The first-order valence-corrected chi connectivity index (χ1v) is 6.29. The number of benzene rings is 1. The van der Waals surface area contributed by atoms with Gasteiger partial charge in [0, 0.05) is 18.2 Å². The molecule has 1 heterocycles. The molecular formula is C13H14N2OS. The molecule has 0 saturated carbocycles. The Labute approximate surface area is 104 Å². The lowest BCUT2D eigenvalue weighted by molar-refractivity contribution is -0.117. The standard InChI is InChI=1S/C13H14N2OS/c1-9-4-2-3-5-10(9)6-12(16)7-11-8-17-13(14)15-11/h2-5,8H,6-7H2,1H3,(H2,14,15). The van der Waals surface area contributed by atoms with E-state index in [9.17, 15) is 4.79 Å². The van der Waals surface area contributed by atoms with E-state index < -0.39 is 0 Å². The third kappa shape index (κ3) is 3.14. The number of aryl methyl sites for hydroxylation is 1. The molecule has 3 nitrogen and oxygen atoms in total. The Morgan fingerprint density at radius 1 is 1.35 bits per heavy atom. The highest BCUT2D eigenvalue weighted by Crippen LogP contribution is 2.13. The minimum atomic E-state index is 0.171. The van der Waals surface area contributed by atoms with Gasteiger partial charge in [-0.15, -0.1) is 11.3 Å². The monoisotopic (exact) mass is 246 g/mol. The van der Waals surface area contributed by atoms with Crippen LogP contribution in [0.15, 0.2) is 29.6 Å². The van der Waals surface area contributed by atoms with Crippen LogP contribution in [0.1, 0.15) is 16.8 Å². The third-order valence-electron chi connectivity index (χ3n) is 2.60. The minimum absolute atomic E-state index is 0.171. The summed E-state index contributed by atoms with van der Waals surface area (Å²) in [6, 6.07) is 7.94. The number of carbonyl (C=O) groups is 1. The lowest BCUT2D eigenvalue weighted by Gasteiger charge is -2.03. The lowest BCUT2D eigenvalue weighted by atomic mass is 10.0. The predicted octanol–water partition coefficient (Wildman–Crippen LogP) is 2.39. The summed E-state index contributed by atoms with van der Waals surface area (Å²) in [4.78, 5) is 16.0. The Balaban J connectivity index is 2.01. The molecule has 0 amide bonds. The number of anilines is 1. The zero-order chi connectivity index (χ0) is 12.3. The minimum Gasteiger partial charge on any atom is -0.375 e. The fourth-order valence-electron chi connectivity index (χ4n) is 1.69. The van der Waals surface area contributed by atoms with Gasteiger partial charge in [-0.25, -0.2) is 4.98 Å². The molecule has 0 atom stereocenters. The fourth-order valence-corrected chi connectivity index (χ4v) is 2.25. The van der Waals surface area contributed by atoms with Crippen LogP contribution in [0.4, 0.5) is 5.13 Å². The Morgan fingerprint density at radius 2 is 2.12 bits per heavy atom. The van der Waals surface area contributed by atoms with Gasteiger partial charge in [-0.05, 0) is 18.1 Å². The molecule has 2 rings (SSSR count). The second-order valence-corrected chi connectivity index (χ2v) is 4.89. The topological polar surface area (TPSA) is 56.0 Å². The SMILES string of the molecule is Cc1ccccc1CC(=O)Cc1csc(N)n1. The van der Waals surface area contributed by atoms with Gasteiger partial charge in [0.05, 0.1) is 5.69 Å². The smallest absolute Gasteiger partial charge is 0.180 e. The number of nitrogens with two attached hydrogens (primary N) is 1. The first-order valence-electron chi connectivity index (χ1n) is 5.41. The quantitative estimate of drug-likeness (QED) is 0.901. The maximum atomic E-state index is 11.9. The van der Waals surface area contributed by atoms with Crippen LogP contribution in [0.3, 0.4) is 0 Å². The molecular weight excluding hydrogens is 232 g/mol. The number of thiazole rings is 1. The van der Waals surface area contributed by atoms with Gasteiger partial charge in [0.1, 0.15) is 5.78 Å². The number of ketones is 1. The first-order chi connectivity index (χ1) is 8.15. The van der Waals surface area contributed by atoms with Crippen molar-refractivity contribution >= 4 is 22.3 Å². The average Bonchev–Trinajstić information content (AvgIpc) is 2.67. The van der Waals surface area contributed by atoms with E-state index in [0.717, 1.165) is 16.8 Å². The van der Waals surface area contributed by atoms with Gasteiger partial charge in [0.15, 0.2) is 5.13 Å². The fraction of sp³-hybridized carbons (Fsp3) is 0.231. The van der Waals surface area contributed by atoms with E-state index in [0.29, 0.717) is 18.0 Å². The predicted molar refractivity (Wildman–Crippen MR) is 70.1 cm³/mol. The van der Waals surface area contributed by atoms with Crippen molar-refractivity contribution in [2.24, 2.45) is 0 Å². The number of Topliss-reactive ketones (excluding diaryl/α,β-unsaturated/α-hetero) is 1. The number of hydrogen-bond acceptors (Lipinski definition) is 4. The molecule has 88 valence electrons. The summed E-state index contributed by atoms with van der Waals surface area (Å²) in [5.41, 5.74) is 8.53. The van der Waals surface area contributed by atoms with E-state index in [-0.39, 0.29) is 5.78 Å². The summed E-state index contributed by atoms with van der Waals surface area (Å²) in [6.45, 7) is 2.02. The largest absolute Gasteiger partial charge is 0.375 e. The first kappa shape index (κ1) is 11.8. The van der Waals surface area contributed by atoms with E-state index in [4.69, 9.17) is 5.73 Å². The molecule has 0 spiro atoms. The van der Waals surface area contributed by atoms with E-state index in [1.807, 2.05) is 36.6 Å². The van der Waals surface area contributed by atoms with Crippen molar-refractivity contribution < 1.29 is 4.79 Å². The van der Waals surface area contributed by atoms with Crippen molar-refractivity contribution in [1.29, 1.82) is 0 Å². The Morgan fingerprint density at radius 3 is 2.76 bits per heavy atom. The Bertz CT molecular complexity index is 534. The Kier molecular flexibility index (Phi) is 3.54. The third-order valence-corrected chi connectivity index (χ3v) is 3.32. The summed E-state index contributed by atoms with van der Waals surface area (Å²) in [5, 5.41) is 2.36. The molecule has 0 aliphatic heterocycles. The highest BCUT2D eigenvalue weighted by atomic mass is 32.1. The van der Waals surface area contributed by atoms with Crippen LogP contribution in [0.5, 0.6) is 0 Å². The van der Waals surface area contributed by atoms with Crippen molar-refractivity contribution in [2.45, 2.75) is 19.8 Å². The van der Waals surface area contributed by atoms with Crippen LogP contribution in [0.2, 0.25) is 0 Å². The van der Waals surface area contributed by atoms with Crippen LogP contribution in [0, 0.1) is 6.92 Å². The summed E-state index contributed by atoms with van der Waals surface area (Å²) in [7, 11) is 0. The number of nitrogens with zero attached hydrogens (tertiary/aromatic N) is 1. The van der Waals surface area contributed by atoms with Crippen LogP contribution in [0.25, 0.3) is 0 Å². The highest BCUT2D eigenvalue weighted by Gasteiger charge is 2.09. The van der Waals surface area contributed by atoms with Gasteiger partial charge in [0.2, 0.25) is 0 Å². The molecule has 0 radical (unpaired) electrons. The molecule has 0 aliphatic carbocycles. The lowest BCUT2D eigenvalue weighted by Crippen LogP contribution is -2.07. The molecule has 0 saturated heterocycles. The Hall–Kier alpha value is -1.68. The van der Waals surface area contributed by atoms with Crippen molar-refractivity contribution in [2.75, 3.05) is 5.73 Å². The molecule has 0 aliphatic rings. The normalized spacial score (nSPS) is 10.4.